The van der Waals surface area contributed by atoms with Crippen LogP contribution in [0.15, 0.2) is 0 Å². The molecule has 0 bridgehead atoms. The second-order valence-corrected chi connectivity index (χ2v) is 5.01. The fourth-order valence-electron chi connectivity index (χ4n) is 2.08. The molecule has 16 heavy (non-hydrogen) atoms. The third-order valence-electron chi connectivity index (χ3n) is 2.82. The molecule has 1 N–H and O–H groups in total. The van der Waals surface area contributed by atoms with Crippen molar-refractivity contribution in [2.75, 3.05) is 25.6 Å². The monoisotopic (exact) mass is 251 g/mol. The molecule has 2 rings (SSSR count). The molecule has 0 aromatic heterocycles. The molecular weight excluding hydrogens is 238 g/mol. The summed E-state index contributed by atoms with van der Waals surface area (Å²) in [4.78, 5) is 11.8. The van der Waals surface area contributed by atoms with Gasteiger partial charge in [0.1, 0.15) is 11.5 Å². The Morgan fingerprint density at radius 1 is 1.56 bits per heavy atom. The second-order valence-electron chi connectivity index (χ2n) is 4.09. The van der Waals surface area contributed by atoms with Crippen LogP contribution < -0.4 is 0 Å². The van der Waals surface area contributed by atoms with Crippen molar-refractivity contribution in [3.8, 4) is 0 Å². The molecule has 2 fully saturated rings. The molecule has 1 spiro atoms. The van der Waals surface area contributed by atoms with Gasteiger partial charge in [-0.2, -0.15) is 0 Å². The van der Waals surface area contributed by atoms with Crippen molar-refractivity contribution < 1.29 is 27.8 Å². The van der Waals surface area contributed by atoms with E-state index in [1.54, 1.807) is 0 Å². The van der Waals surface area contributed by atoms with Gasteiger partial charge in [0.05, 0.1) is 25.8 Å². The van der Waals surface area contributed by atoms with Crippen molar-refractivity contribution in [2.24, 2.45) is 0 Å². The summed E-state index contributed by atoms with van der Waals surface area (Å²) in [6.07, 6.45) is -0.648. The highest BCUT2D eigenvalue weighted by Crippen LogP contribution is 2.36. The minimum atomic E-state index is -2.54. The molecule has 0 aromatic rings. The van der Waals surface area contributed by atoms with E-state index in [9.17, 15) is 13.2 Å². The van der Waals surface area contributed by atoms with Crippen molar-refractivity contribution in [3.05, 3.63) is 0 Å². The first kappa shape index (κ1) is 11.6. The number of amides is 1. The Balaban J connectivity index is 1.79. The molecule has 8 heteroatoms. The average molecular weight is 251 g/mol. The minimum absolute atomic E-state index is 0.246. The van der Waals surface area contributed by atoms with Gasteiger partial charge in [-0.3, -0.25) is 0 Å². The van der Waals surface area contributed by atoms with Crippen molar-refractivity contribution >= 4 is 16.8 Å². The lowest BCUT2D eigenvalue weighted by Crippen LogP contribution is -2.63. The van der Waals surface area contributed by atoms with Gasteiger partial charge < -0.3 is 19.5 Å². The van der Waals surface area contributed by atoms with E-state index >= 15 is 0 Å². The minimum Gasteiger partial charge on any atom is -0.465 e. The van der Waals surface area contributed by atoms with E-state index in [1.807, 2.05) is 0 Å². The van der Waals surface area contributed by atoms with Crippen LogP contribution in [-0.2, 0) is 20.2 Å². The average Bonchev–Trinajstić information content (AvgIpc) is 2.56. The van der Waals surface area contributed by atoms with Crippen molar-refractivity contribution in [1.82, 2.24) is 4.90 Å². The molecular formula is C8H13NO6S. The Kier molecular flexibility index (Phi) is 3.04. The number of likely N-dealkylation sites (tertiary alicyclic amines) is 1. The van der Waals surface area contributed by atoms with Gasteiger partial charge in [-0.1, -0.05) is 0 Å². The normalized spacial score (nSPS) is 27.3. The summed E-state index contributed by atoms with van der Waals surface area (Å²) in [5.74, 6) is -0.303. The molecule has 0 unspecified atom stereocenters. The lowest BCUT2D eigenvalue weighted by atomic mass is 9.90. The van der Waals surface area contributed by atoms with Crippen LogP contribution in [0.3, 0.4) is 0 Å². The van der Waals surface area contributed by atoms with Crippen LogP contribution in [0.4, 0.5) is 4.79 Å². The number of thiol groups is 1. The van der Waals surface area contributed by atoms with Crippen LogP contribution in [0.25, 0.3) is 0 Å². The fraction of sp³-hybridized carbons (Fsp3) is 0.875. The first-order chi connectivity index (χ1) is 7.51. The molecule has 1 atom stereocenters. The van der Waals surface area contributed by atoms with E-state index in [0.717, 1.165) is 0 Å². The van der Waals surface area contributed by atoms with Gasteiger partial charge >= 0.3 is 6.09 Å². The van der Waals surface area contributed by atoms with Crippen molar-refractivity contribution in [3.63, 3.8) is 0 Å². The standard InChI is InChI=1S/C8H13NO6S/c10-7(11)9-3-8(4-9)1-6(2-15-8)14-5-16(12)13/h6,16H,1-5H2,(H,10,11)/t6-/m0/s1. The zero-order valence-electron chi connectivity index (χ0n) is 8.50. The SMILES string of the molecule is O=C(O)N1CC2(C[C@H](OC[SH](=O)=O)CO2)C1. The summed E-state index contributed by atoms with van der Waals surface area (Å²) in [5.41, 5.74) is -0.447. The zero-order valence-corrected chi connectivity index (χ0v) is 9.39. The molecule has 2 heterocycles. The predicted octanol–water partition coefficient (Wildman–Crippen LogP) is -0.907. The van der Waals surface area contributed by atoms with Crippen molar-refractivity contribution in [1.29, 1.82) is 0 Å². The molecule has 2 saturated heterocycles. The second kappa shape index (κ2) is 4.19. The fourth-order valence-corrected chi connectivity index (χ4v) is 2.41. The maximum Gasteiger partial charge on any atom is 0.407 e. The van der Waals surface area contributed by atoms with E-state index < -0.39 is 22.4 Å². The number of hydrogen-bond donors (Lipinski definition) is 2. The van der Waals surface area contributed by atoms with Crippen molar-refractivity contribution in [2.45, 2.75) is 18.1 Å². The van der Waals surface area contributed by atoms with Crippen LogP contribution in [0.5, 0.6) is 0 Å². The van der Waals surface area contributed by atoms with E-state index in [4.69, 9.17) is 14.6 Å². The molecule has 0 radical (unpaired) electrons. The smallest absolute Gasteiger partial charge is 0.407 e. The molecule has 0 aliphatic carbocycles. The molecule has 1 amide bonds. The number of rotatable bonds is 3. The maximum absolute atomic E-state index is 10.6. The number of hydrogen-bond acceptors (Lipinski definition) is 5. The van der Waals surface area contributed by atoms with Crippen LogP contribution in [0.1, 0.15) is 6.42 Å². The summed E-state index contributed by atoms with van der Waals surface area (Å²) in [6, 6.07) is 0. The van der Waals surface area contributed by atoms with Gasteiger partial charge in [0.15, 0.2) is 10.7 Å². The number of nitrogens with zero attached hydrogens (tertiary/aromatic N) is 1. The van der Waals surface area contributed by atoms with Crippen LogP contribution >= 0.6 is 0 Å². The summed E-state index contributed by atoms with van der Waals surface area (Å²) in [7, 11) is -2.54. The van der Waals surface area contributed by atoms with Gasteiger partial charge in [-0.25, -0.2) is 13.2 Å². The van der Waals surface area contributed by atoms with Gasteiger partial charge in [0.2, 0.25) is 0 Å². The Morgan fingerprint density at radius 2 is 2.25 bits per heavy atom. The van der Waals surface area contributed by atoms with Crippen LogP contribution in [0, 0.1) is 0 Å². The summed E-state index contributed by atoms with van der Waals surface area (Å²) < 4.78 is 31.2. The highest BCUT2D eigenvalue weighted by atomic mass is 32.2. The van der Waals surface area contributed by atoms with Gasteiger partial charge in [-0.15, -0.1) is 0 Å². The lowest BCUT2D eigenvalue weighted by molar-refractivity contribution is -0.0983. The number of ether oxygens (including phenoxy) is 2. The Hall–Kier alpha value is -0.860. The highest BCUT2D eigenvalue weighted by Gasteiger charge is 2.51. The number of carbonyl (C=O) groups is 1. The quantitative estimate of drug-likeness (QED) is 0.631. The lowest BCUT2D eigenvalue weighted by Gasteiger charge is -2.45. The topological polar surface area (TPSA) is 93.1 Å². The number of carboxylic acid groups (broad SMARTS) is 1. The van der Waals surface area contributed by atoms with Crippen LogP contribution in [0.2, 0.25) is 0 Å². The van der Waals surface area contributed by atoms with E-state index in [-0.39, 0.29) is 12.0 Å². The van der Waals surface area contributed by atoms with E-state index in [1.165, 1.54) is 4.90 Å². The third-order valence-corrected chi connectivity index (χ3v) is 3.18. The highest BCUT2D eigenvalue weighted by molar-refractivity contribution is 7.72. The Labute approximate surface area is 93.9 Å². The van der Waals surface area contributed by atoms with Gasteiger partial charge in [0.25, 0.3) is 0 Å². The molecule has 7 nitrogen and oxygen atoms in total. The van der Waals surface area contributed by atoms with E-state index in [0.29, 0.717) is 26.1 Å². The predicted molar refractivity (Wildman–Crippen MR) is 53.0 cm³/mol. The first-order valence-corrected chi connectivity index (χ1v) is 6.22. The summed E-state index contributed by atoms with van der Waals surface area (Å²) in [5, 5.41) is 8.68. The molecule has 2 aliphatic heterocycles. The maximum atomic E-state index is 10.6. The largest absolute Gasteiger partial charge is 0.465 e. The summed E-state index contributed by atoms with van der Waals surface area (Å²) in [6.45, 7) is 1.01. The van der Waals surface area contributed by atoms with E-state index in [2.05, 4.69) is 0 Å². The van der Waals surface area contributed by atoms with Crippen LogP contribution in [-0.4, -0.2) is 61.9 Å². The molecule has 0 saturated carbocycles. The van der Waals surface area contributed by atoms with Gasteiger partial charge in [0, 0.05) is 6.42 Å². The molecule has 0 aromatic carbocycles. The Bertz CT molecular complexity index is 354. The third kappa shape index (κ3) is 2.28. The zero-order chi connectivity index (χ0) is 11.8. The Morgan fingerprint density at radius 3 is 2.81 bits per heavy atom. The molecule has 2 aliphatic rings. The molecule has 92 valence electrons. The summed E-state index contributed by atoms with van der Waals surface area (Å²) >= 11 is 0. The first-order valence-electron chi connectivity index (χ1n) is 4.86. The van der Waals surface area contributed by atoms with Gasteiger partial charge in [-0.05, 0) is 0 Å².